The summed E-state index contributed by atoms with van der Waals surface area (Å²) in [6.45, 7) is 7.17. The Bertz CT molecular complexity index is 2500. The van der Waals surface area contributed by atoms with Crippen LogP contribution in [0.2, 0.25) is 0 Å². The second kappa shape index (κ2) is 15.2. The number of rotatable bonds is 12. The molecular weight excluding hydrogens is 659 g/mol. The third kappa shape index (κ3) is 6.09. The van der Waals surface area contributed by atoms with E-state index in [2.05, 4.69) is 169 Å². The first-order chi connectivity index (χ1) is 26.6. The minimum absolute atomic E-state index is 0.0859. The van der Waals surface area contributed by atoms with Gasteiger partial charge in [-0.2, -0.15) is 0 Å². The lowest BCUT2D eigenvalue weighted by Crippen LogP contribution is -2.37. The van der Waals surface area contributed by atoms with Crippen LogP contribution in [0.5, 0.6) is 0 Å². The number of aliphatic imine (C=N–C) groups is 2. The number of nitrogens with two attached hydrogens (primary N) is 1. The zero-order valence-electron chi connectivity index (χ0n) is 30.4. The van der Waals surface area contributed by atoms with Gasteiger partial charge in [-0.25, -0.2) is 0 Å². The monoisotopic (exact) mass is 701 g/mol. The quantitative estimate of drug-likeness (QED) is 0.0756. The fourth-order valence-electron chi connectivity index (χ4n) is 8.11. The molecule has 0 saturated carbocycles. The van der Waals surface area contributed by atoms with Crippen molar-refractivity contribution in [2.75, 3.05) is 6.67 Å². The molecule has 0 radical (unpaired) electrons. The lowest BCUT2D eigenvalue weighted by Gasteiger charge is -2.35. The van der Waals surface area contributed by atoms with Crippen molar-refractivity contribution in [1.82, 2.24) is 9.88 Å². The van der Waals surface area contributed by atoms with E-state index < -0.39 is 5.41 Å². The van der Waals surface area contributed by atoms with E-state index >= 15 is 0 Å². The Morgan fingerprint density at radius 1 is 0.778 bits per heavy atom. The number of para-hydroxylation sites is 1. The van der Waals surface area contributed by atoms with Crippen LogP contribution in [0.3, 0.4) is 0 Å². The predicted octanol–water partition coefficient (Wildman–Crippen LogP) is 10.6. The average molecular weight is 702 g/mol. The molecule has 1 atom stereocenters. The summed E-state index contributed by atoms with van der Waals surface area (Å²) in [5, 5.41) is 6.16. The highest BCUT2D eigenvalue weighted by molar-refractivity contribution is 6.22. The van der Waals surface area contributed by atoms with E-state index in [1.165, 1.54) is 21.9 Å². The average Bonchev–Trinajstić information content (AvgIpc) is 3.75. The van der Waals surface area contributed by atoms with Crippen LogP contribution in [-0.4, -0.2) is 22.8 Å². The molecule has 0 spiro atoms. The zero-order chi connectivity index (χ0) is 36.9. The summed E-state index contributed by atoms with van der Waals surface area (Å²) in [5.41, 5.74) is 16.6. The third-order valence-corrected chi connectivity index (χ3v) is 10.4. The van der Waals surface area contributed by atoms with Crippen LogP contribution in [0, 0.1) is 0 Å². The molecule has 0 aliphatic carbocycles. The molecule has 1 aliphatic heterocycles. The van der Waals surface area contributed by atoms with Gasteiger partial charge in [-0.3, -0.25) is 15.3 Å². The van der Waals surface area contributed by atoms with Crippen LogP contribution in [0.4, 0.5) is 5.69 Å². The standard InChI is InChI=1S/C49H43N5/c1-3-19-36(20-4-2)47-49(38-25-13-7-14-26-38,39-27-15-8-16-28-39)45-42(53-47)32-31-41-40-29-17-18-30-44(40)54(46(41)45)33-43(35-21-9-5-10-22-35)51-34-52-48(50)37-23-11-6-12-24-37/h3-32,43,51H,1,33-34H2,2H3,(H2,50,52)/b20-4-,36-19+. The highest BCUT2D eigenvalue weighted by Gasteiger charge is 2.49. The lowest BCUT2D eigenvalue weighted by atomic mass is 9.65. The van der Waals surface area contributed by atoms with Crippen LogP contribution >= 0.6 is 0 Å². The molecule has 2 heterocycles. The van der Waals surface area contributed by atoms with E-state index in [9.17, 15) is 0 Å². The molecule has 54 heavy (non-hydrogen) atoms. The van der Waals surface area contributed by atoms with Gasteiger partial charge in [-0.1, -0.05) is 176 Å². The van der Waals surface area contributed by atoms with Gasteiger partial charge in [-0.05, 0) is 41.3 Å². The summed E-state index contributed by atoms with van der Waals surface area (Å²) in [5.74, 6) is 0.509. The molecule has 5 nitrogen and oxygen atoms in total. The summed E-state index contributed by atoms with van der Waals surface area (Å²) >= 11 is 0. The van der Waals surface area contributed by atoms with Crippen LogP contribution in [-0.2, 0) is 12.0 Å². The fraction of sp³-hybridized carbons (Fsp3) is 0.102. The van der Waals surface area contributed by atoms with Gasteiger partial charge in [0.15, 0.2) is 0 Å². The number of allylic oxidation sites excluding steroid dienone is 5. The van der Waals surface area contributed by atoms with Crippen molar-refractivity contribution in [3.05, 3.63) is 222 Å². The summed E-state index contributed by atoms with van der Waals surface area (Å²) in [4.78, 5) is 10.4. The van der Waals surface area contributed by atoms with Gasteiger partial charge in [-0.15, -0.1) is 0 Å². The van der Waals surface area contributed by atoms with Crippen LogP contribution in [0.15, 0.2) is 204 Å². The molecule has 0 fully saturated rings. The Morgan fingerprint density at radius 2 is 1.39 bits per heavy atom. The summed E-state index contributed by atoms with van der Waals surface area (Å²) in [6.07, 6.45) is 8.17. The Morgan fingerprint density at radius 3 is 2.04 bits per heavy atom. The Kier molecular flexibility index (Phi) is 9.71. The van der Waals surface area contributed by atoms with Crippen LogP contribution < -0.4 is 11.1 Å². The van der Waals surface area contributed by atoms with Crippen molar-refractivity contribution < 1.29 is 0 Å². The molecule has 8 rings (SSSR count). The molecule has 1 aliphatic rings. The first-order valence-electron chi connectivity index (χ1n) is 18.5. The zero-order valence-corrected chi connectivity index (χ0v) is 30.4. The first-order valence-corrected chi connectivity index (χ1v) is 18.5. The van der Waals surface area contributed by atoms with Crippen molar-refractivity contribution >= 4 is 39.0 Å². The summed E-state index contributed by atoms with van der Waals surface area (Å²) < 4.78 is 2.50. The van der Waals surface area contributed by atoms with Crippen molar-refractivity contribution in [2.45, 2.75) is 24.9 Å². The van der Waals surface area contributed by atoms with E-state index in [1.807, 2.05) is 36.4 Å². The minimum Gasteiger partial charge on any atom is -0.383 e. The number of nitrogens with one attached hydrogen (secondary N) is 1. The molecular formula is C49H43N5. The molecule has 1 unspecified atom stereocenters. The van der Waals surface area contributed by atoms with Gasteiger partial charge in [0.25, 0.3) is 0 Å². The van der Waals surface area contributed by atoms with E-state index in [4.69, 9.17) is 15.7 Å². The normalized spacial score (nSPS) is 14.7. The number of hydrogen-bond acceptors (Lipinski definition) is 3. The molecule has 5 heteroatoms. The molecule has 0 bridgehead atoms. The number of nitrogens with zero attached hydrogens (tertiary/aromatic N) is 3. The van der Waals surface area contributed by atoms with Crippen molar-refractivity contribution in [1.29, 1.82) is 0 Å². The topological polar surface area (TPSA) is 67.7 Å². The maximum Gasteiger partial charge on any atom is 0.127 e. The van der Waals surface area contributed by atoms with E-state index in [0.29, 0.717) is 19.0 Å². The van der Waals surface area contributed by atoms with Gasteiger partial charge in [0, 0.05) is 34.0 Å². The third-order valence-electron chi connectivity index (χ3n) is 10.4. The molecule has 7 aromatic rings. The Labute approximate surface area is 317 Å². The fourth-order valence-corrected chi connectivity index (χ4v) is 8.11. The van der Waals surface area contributed by atoms with Gasteiger partial charge < -0.3 is 10.3 Å². The van der Waals surface area contributed by atoms with Gasteiger partial charge in [0.2, 0.25) is 0 Å². The second-order valence-corrected chi connectivity index (χ2v) is 13.5. The number of aromatic nitrogens is 1. The van der Waals surface area contributed by atoms with E-state index in [0.717, 1.165) is 44.7 Å². The van der Waals surface area contributed by atoms with Crippen LogP contribution in [0.1, 0.15) is 40.8 Å². The number of amidine groups is 1. The SMILES string of the molecule is C=C/C=C(\C=C/C)C1=Nc2ccc3c4ccccc4n(CC(NC/N=C(\N)c4ccccc4)c4ccccc4)c3c2C1(c1ccccc1)c1ccccc1. The Balaban J connectivity index is 1.39. The van der Waals surface area contributed by atoms with Crippen molar-refractivity contribution in [2.24, 2.45) is 15.7 Å². The minimum atomic E-state index is -0.734. The Hall–Kier alpha value is -6.56. The molecule has 1 aromatic heterocycles. The molecule has 6 aromatic carbocycles. The van der Waals surface area contributed by atoms with Crippen molar-refractivity contribution in [3.63, 3.8) is 0 Å². The molecule has 0 amide bonds. The largest absolute Gasteiger partial charge is 0.383 e. The second-order valence-electron chi connectivity index (χ2n) is 13.5. The number of fused-ring (bicyclic) bond motifs is 5. The van der Waals surface area contributed by atoms with E-state index in [-0.39, 0.29) is 6.04 Å². The molecule has 264 valence electrons. The van der Waals surface area contributed by atoms with Gasteiger partial charge in [0.1, 0.15) is 5.84 Å². The van der Waals surface area contributed by atoms with Gasteiger partial charge in [0.05, 0.1) is 35.0 Å². The van der Waals surface area contributed by atoms with Gasteiger partial charge >= 0.3 is 0 Å². The summed E-state index contributed by atoms with van der Waals surface area (Å²) in [7, 11) is 0. The van der Waals surface area contributed by atoms with E-state index in [1.54, 1.807) is 0 Å². The predicted molar refractivity (Wildman–Crippen MR) is 227 cm³/mol. The number of hydrogen-bond donors (Lipinski definition) is 2. The maximum atomic E-state index is 6.46. The smallest absolute Gasteiger partial charge is 0.127 e. The molecule has 3 N–H and O–H groups in total. The maximum absolute atomic E-state index is 6.46. The molecule has 0 saturated heterocycles. The highest BCUT2D eigenvalue weighted by Crippen LogP contribution is 2.54. The lowest BCUT2D eigenvalue weighted by molar-refractivity contribution is 0.484. The first kappa shape index (κ1) is 34.5. The van der Waals surface area contributed by atoms with Crippen molar-refractivity contribution in [3.8, 4) is 0 Å². The number of benzene rings is 6. The summed E-state index contributed by atoms with van der Waals surface area (Å²) in [6, 6.07) is 55.3. The van der Waals surface area contributed by atoms with Crippen LogP contribution in [0.25, 0.3) is 21.8 Å². The highest BCUT2D eigenvalue weighted by atomic mass is 15.1.